The number of benzene rings is 2. The fraction of sp³-hybridized carbons (Fsp3) is 0.407. The molecule has 4 rings (SSSR count). The molecule has 0 radical (unpaired) electrons. The molecule has 0 atom stereocenters. The summed E-state index contributed by atoms with van der Waals surface area (Å²) in [6, 6.07) is 23.4. The largest absolute Gasteiger partial charge is 0.327 e. The Morgan fingerprint density at radius 1 is 0.828 bits per heavy atom. The van der Waals surface area contributed by atoms with Crippen molar-refractivity contribution < 1.29 is 0 Å². The predicted octanol–water partition coefficient (Wildman–Crippen LogP) is 5.73. The predicted molar refractivity (Wildman–Crippen MR) is 128 cm³/mol. The second-order valence-electron chi connectivity index (χ2n) is 8.82. The summed E-state index contributed by atoms with van der Waals surface area (Å²) in [5.41, 5.74) is 0. The first-order valence-electron chi connectivity index (χ1n) is 11.6. The van der Waals surface area contributed by atoms with E-state index in [1.807, 2.05) is 0 Å². The van der Waals surface area contributed by atoms with Crippen molar-refractivity contribution in [2.45, 2.75) is 69.4 Å². The topological polar surface area (TPSA) is 12.0 Å². The monoisotopic (exact) mass is 401 g/mol. The van der Waals surface area contributed by atoms with E-state index < -0.39 is 8.24 Å². The van der Waals surface area contributed by atoms with Crippen LogP contribution in [0.4, 0.5) is 0 Å². The molecule has 2 aliphatic rings. The number of hydrogen-bond donors (Lipinski definition) is 1. The highest BCUT2D eigenvalue weighted by molar-refractivity contribution is 7.03. The molecule has 1 fully saturated rings. The fourth-order valence-electron chi connectivity index (χ4n) is 5.52. The van der Waals surface area contributed by atoms with Crippen LogP contribution in [-0.4, -0.2) is 14.3 Å². The molecule has 2 aromatic carbocycles. The van der Waals surface area contributed by atoms with Crippen LogP contribution in [0.5, 0.6) is 0 Å². The SMILES string of the molecule is CCCCC1([Si](NC2CCCCC2)(c2ccccc2)c2ccccc2)C=CC=C1. The molecule has 1 N–H and O–H groups in total. The summed E-state index contributed by atoms with van der Waals surface area (Å²) in [4.78, 5) is 4.43. The summed E-state index contributed by atoms with van der Waals surface area (Å²) < 4.78 is 0. The van der Waals surface area contributed by atoms with Gasteiger partial charge in [0.25, 0.3) is 0 Å². The van der Waals surface area contributed by atoms with Gasteiger partial charge in [0, 0.05) is 11.1 Å². The van der Waals surface area contributed by atoms with Crippen LogP contribution >= 0.6 is 0 Å². The normalized spacial score (nSPS) is 18.9. The van der Waals surface area contributed by atoms with Crippen LogP contribution in [0.3, 0.4) is 0 Å². The van der Waals surface area contributed by atoms with E-state index in [2.05, 4.69) is 96.9 Å². The van der Waals surface area contributed by atoms with Gasteiger partial charge in [-0.1, -0.05) is 124 Å². The van der Waals surface area contributed by atoms with Crippen molar-refractivity contribution in [1.29, 1.82) is 0 Å². The summed E-state index contributed by atoms with van der Waals surface area (Å²) in [6.07, 6.45) is 20.1. The van der Waals surface area contributed by atoms with E-state index in [0.29, 0.717) is 6.04 Å². The highest BCUT2D eigenvalue weighted by Crippen LogP contribution is 2.47. The first-order valence-corrected chi connectivity index (χ1v) is 13.6. The molecule has 0 aromatic heterocycles. The minimum absolute atomic E-state index is 0.0865. The fourth-order valence-corrected chi connectivity index (χ4v) is 11.1. The molecule has 0 heterocycles. The minimum atomic E-state index is -2.31. The van der Waals surface area contributed by atoms with Gasteiger partial charge in [-0.2, -0.15) is 0 Å². The van der Waals surface area contributed by atoms with E-state index in [1.54, 1.807) is 0 Å². The second-order valence-corrected chi connectivity index (χ2v) is 12.7. The molecule has 0 unspecified atom stereocenters. The van der Waals surface area contributed by atoms with Crippen molar-refractivity contribution in [3.8, 4) is 0 Å². The maximum Gasteiger partial charge on any atom is 0.204 e. The molecular weight excluding hydrogens is 366 g/mol. The Labute approximate surface area is 178 Å². The number of nitrogens with one attached hydrogen (secondary N) is 1. The maximum atomic E-state index is 4.43. The molecule has 2 aromatic rings. The Morgan fingerprint density at radius 2 is 1.38 bits per heavy atom. The Balaban J connectivity index is 1.92. The summed E-state index contributed by atoms with van der Waals surface area (Å²) in [7, 11) is -2.31. The van der Waals surface area contributed by atoms with E-state index in [1.165, 1.54) is 61.7 Å². The summed E-state index contributed by atoms with van der Waals surface area (Å²) in [6.45, 7) is 2.32. The maximum absolute atomic E-state index is 4.43. The molecule has 1 nitrogen and oxygen atoms in total. The van der Waals surface area contributed by atoms with Crippen LogP contribution in [-0.2, 0) is 0 Å². The van der Waals surface area contributed by atoms with Gasteiger partial charge in [-0.25, -0.2) is 0 Å². The van der Waals surface area contributed by atoms with E-state index in [4.69, 9.17) is 0 Å². The second kappa shape index (κ2) is 9.28. The van der Waals surface area contributed by atoms with Gasteiger partial charge in [0.05, 0.1) is 0 Å². The van der Waals surface area contributed by atoms with Crippen molar-refractivity contribution in [3.63, 3.8) is 0 Å². The number of unbranched alkanes of at least 4 members (excludes halogenated alkanes) is 1. The van der Waals surface area contributed by atoms with Gasteiger partial charge >= 0.3 is 0 Å². The van der Waals surface area contributed by atoms with E-state index in [9.17, 15) is 0 Å². The average molecular weight is 402 g/mol. The third kappa shape index (κ3) is 3.93. The third-order valence-electron chi connectivity index (χ3n) is 6.98. The van der Waals surface area contributed by atoms with Crippen molar-refractivity contribution in [1.82, 2.24) is 4.98 Å². The molecule has 0 saturated heterocycles. The summed E-state index contributed by atoms with van der Waals surface area (Å²) in [5, 5.41) is 3.12. The Kier molecular flexibility index (Phi) is 6.52. The third-order valence-corrected chi connectivity index (χ3v) is 12.2. The van der Waals surface area contributed by atoms with Gasteiger partial charge in [0.15, 0.2) is 0 Å². The smallest absolute Gasteiger partial charge is 0.204 e. The Hall–Kier alpha value is -1.90. The molecule has 2 heteroatoms. The highest BCUT2D eigenvalue weighted by Gasteiger charge is 2.54. The molecule has 0 spiro atoms. The molecule has 152 valence electrons. The van der Waals surface area contributed by atoms with Gasteiger partial charge in [-0.15, -0.1) is 0 Å². The average Bonchev–Trinajstić information content (AvgIpc) is 3.28. The van der Waals surface area contributed by atoms with E-state index in [0.717, 1.165) is 0 Å². The molecule has 2 aliphatic carbocycles. The van der Waals surface area contributed by atoms with E-state index >= 15 is 0 Å². The zero-order chi connectivity index (χ0) is 20.0. The van der Waals surface area contributed by atoms with Crippen molar-refractivity contribution in [2.75, 3.05) is 0 Å². The van der Waals surface area contributed by atoms with Crippen LogP contribution in [0, 0.1) is 0 Å². The molecule has 0 bridgehead atoms. The van der Waals surface area contributed by atoms with Crippen LogP contribution in [0.2, 0.25) is 5.04 Å². The molecule has 1 saturated carbocycles. The number of allylic oxidation sites excluding steroid dienone is 4. The van der Waals surface area contributed by atoms with Gasteiger partial charge in [-0.05, 0) is 29.6 Å². The Bertz CT molecular complexity index is 767. The Morgan fingerprint density at radius 3 is 1.90 bits per heavy atom. The van der Waals surface area contributed by atoms with Crippen LogP contribution in [0.15, 0.2) is 85.0 Å². The van der Waals surface area contributed by atoms with Gasteiger partial charge in [-0.3, -0.25) is 0 Å². The quantitative estimate of drug-likeness (QED) is 0.557. The summed E-state index contributed by atoms with van der Waals surface area (Å²) in [5.74, 6) is 0. The standard InChI is InChI=1S/C27H35NSi/c1-2-3-21-27(22-13-14-23-27)29(25-17-9-5-10-18-25,26-19-11-6-12-20-26)28-24-15-7-4-8-16-24/h5-6,9-14,17-20,22-24,28H,2-4,7-8,15-16,21H2,1H3. The molecular formula is C27H35NSi. The van der Waals surface area contributed by atoms with Crippen LogP contribution < -0.4 is 15.4 Å². The zero-order valence-electron chi connectivity index (χ0n) is 17.8. The molecule has 0 amide bonds. The molecule has 29 heavy (non-hydrogen) atoms. The van der Waals surface area contributed by atoms with Gasteiger partial charge < -0.3 is 4.98 Å². The number of hydrogen-bond acceptors (Lipinski definition) is 1. The lowest BCUT2D eigenvalue weighted by Crippen LogP contribution is -2.76. The first kappa shape index (κ1) is 20.4. The molecule has 0 aliphatic heterocycles. The summed E-state index contributed by atoms with van der Waals surface area (Å²) >= 11 is 0. The zero-order valence-corrected chi connectivity index (χ0v) is 18.8. The highest BCUT2D eigenvalue weighted by atomic mass is 28.3. The first-order chi connectivity index (χ1) is 14.3. The van der Waals surface area contributed by atoms with Crippen molar-refractivity contribution in [3.05, 3.63) is 85.0 Å². The lowest BCUT2D eigenvalue weighted by molar-refractivity contribution is 0.411. The van der Waals surface area contributed by atoms with Gasteiger partial charge in [0.2, 0.25) is 8.24 Å². The van der Waals surface area contributed by atoms with Crippen LogP contribution in [0.25, 0.3) is 0 Å². The lowest BCUT2D eigenvalue weighted by Gasteiger charge is -2.49. The minimum Gasteiger partial charge on any atom is -0.327 e. The lowest BCUT2D eigenvalue weighted by atomic mass is 9.96. The van der Waals surface area contributed by atoms with E-state index in [-0.39, 0.29) is 5.04 Å². The van der Waals surface area contributed by atoms with Crippen molar-refractivity contribution >= 4 is 18.6 Å². The van der Waals surface area contributed by atoms with Gasteiger partial charge in [0.1, 0.15) is 0 Å². The van der Waals surface area contributed by atoms with Crippen molar-refractivity contribution in [2.24, 2.45) is 0 Å². The number of rotatable bonds is 8. The van der Waals surface area contributed by atoms with Crippen LogP contribution in [0.1, 0.15) is 58.3 Å².